The van der Waals surface area contributed by atoms with Gasteiger partial charge >= 0.3 is 0 Å². The Morgan fingerprint density at radius 1 is 1.47 bits per heavy atom. The van der Waals surface area contributed by atoms with Crippen molar-refractivity contribution in [1.82, 2.24) is 4.90 Å². The molecular formula is C11H22N2O2. The van der Waals surface area contributed by atoms with E-state index in [4.69, 9.17) is 10.5 Å². The lowest BCUT2D eigenvalue weighted by atomic mass is 9.99. The first-order valence-electron chi connectivity index (χ1n) is 5.79. The van der Waals surface area contributed by atoms with Crippen LogP contribution in [-0.2, 0) is 9.53 Å². The number of amides is 1. The maximum Gasteiger partial charge on any atom is 0.239 e. The molecule has 88 valence electrons. The van der Waals surface area contributed by atoms with Crippen LogP contribution in [0.15, 0.2) is 0 Å². The number of ether oxygens (including phenoxy) is 1. The third kappa shape index (κ3) is 3.47. The molecule has 2 unspecified atom stereocenters. The summed E-state index contributed by atoms with van der Waals surface area (Å²) in [4.78, 5) is 13.8. The highest BCUT2D eigenvalue weighted by Gasteiger charge is 2.25. The molecule has 0 radical (unpaired) electrons. The van der Waals surface area contributed by atoms with Crippen LogP contribution >= 0.6 is 0 Å². The first kappa shape index (κ1) is 12.5. The third-order valence-corrected chi connectivity index (χ3v) is 3.08. The molecular weight excluding hydrogens is 192 g/mol. The minimum Gasteiger partial charge on any atom is -0.380 e. The van der Waals surface area contributed by atoms with E-state index in [0.29, 0.717) is 13.2 Å². The molecule has 1 saturated heterocycles. The lowest BCUT2D eigenvalue weighted by Gasteiger charge is -2.26. The maximum absolute atomic E-state index is 12.0. The van der Waals surface area contributed by atoms with E-state index >= 15 is 0 Å². The molecule has 0 aromatic heterocycles. The molecule has 1 amide bonds. The van der Waals surface area contributed by atoms with E-state index in [1.165, 1.54) is 0 Å². The minimum absolute atomic E-state index is 0.0786. The Morgan fingerprint density at radius 2 is 2.20 bits per heavy atom. The normalized spacial score (nSPS) is 21.9. The van der Waals surface area contributed by atoms with Crippen LogP contribution in [0.3, 0.4) is 0 Å². The Balaban J connectivity index is 2.49. The van der Waals surface area contributed by atoms with E-state index in [9.17, 15) is 4.79 Å². The molecule has 4 nitrogen and oxygen atoms in total. The Labute approximate surface area is 91.8 Å². The summed E-state index contributed by atoms with van der Waals surface area (Å²) >= 11 is 0. The van der Waals surface area contributed by atoms with Crippen molar-refractivity contribution in [1.29, 1.82) is 0 Å². The molecule has 0 aliphatic carbocycles. The number of rotatable bonds is 3. The van der Waals surface area contributed by atoms with E-state index in [1.807, 2.05) is 11.8 Å². The SMILES string of the molecule is CCC(C)C(N)C(=O)N1CCCOCC1. The lowest BCUT2D eigenvalue weighted by Crippen LogP contribution is -2.47. The van der Waals surface area contributed by atoms with Crippen LogP contribution < -0.4 is 5.73 Å². The Morgan fingerprint density at radius 3 is 2.87 bits per heavy atom. The van der Waals surface area contributed by atoms with Crippen LogP contribution in [0, 0.1) is 5.92 Å². The Bertz CT molecular complexity index is 201. The first-order chi connectivity index (χ1) is 7.16. The van der Waals surface area contributed by atoms with Gasteiger partial charge in [-0.25, -0.2) is 0 Å². The smallest absolute Gasteiger partial charge is 0.239 e. The van der Waals surface area contributed by atoms with Gasteiger partial charge < -0.3 is 15.4 Å². The summed E-state index contributed by atoms with van der Waals surface area (Å²) in [5, 5.41) is 0. The van der Waals surface area contributed by atoms with Crippen molar-refractivity contribution in [3.8, 4) is 0 Å². The van der Waals surface area contributed by atoms with Crippen molar-refractivity contribution in [3.63, 3.8) is 0 Å². The van der Waals surface area contributed by atoms with Gasteiger partial charge in [-0.3, -0.25) is 4.79 Å². The number of nitrogens with zero attached hydrogens (tertiary/aromatic N) is 1. The summed E-state index contributed by atoms with van der Waals surface area (Å²) in [6.45, 7) is 6.94. The molecule has 1 aliphatic rings. The zero-order valence-corrected chi connectivity index (χ0v) is 9.74. The molecule has 1 aliphatic heterocycles. The minimum atomic E-state index is -0.354. The van der Waals surface area contributed by atoms with Gasteiger partial charge in [-0.05, 0) is 12.3 Å². The predicted octanol–water partition coefficient (Wildman–Crippen LogP) is 0.609. The van der Waals surface area contributed by atoms with Crippen molar-refractivity contribution < 1.29 is 9.53 Å². The second-order valence-corrected chi connectivity index (χ2v) is 4.20. The molecule has 0 bridgehead atoms. The van der Waals surface area contributed by atoms with E-state index in [0.717, 1.165) is 26.0 Å². The van der Waals surface area contributed by atoms with Crippen LogP contribution in [0.25, 0.3) is 0 Å². The van der Waals surface area contributed by atoms with Crippen LogP contribution in [-0.4, -0.2) is 43.2 Å². The lowest BCUT2D eigenvalue weighted by molar-refractivity contribution is -0.133. The van der Waals surface area contributed by atoms with Gasteiger partial charge in [0.2, 0.25) is 5.91 Å². The highest BCUT2D eigenvalue weighted by molar-refractivity contribution is 5.82. The van der Waals surface area contributed by atoms with Gasteiger partial charge in [0.15, 0.2) is 0 Å². The fourth-order valence-corrected chi connectivity index (χ4v) is 1.67. The van der Waals surface area contributed by atoms with Gasteiger partial charge in [0.05, 0.1) is 12.6 Å². The number of hydrogen-bond acceptors (Lipinski definition) is 3. The highest BCUT2D eigenvalue weighted by Crippen LogP contribution is 2.10. The number of hydrogen-bond donors (Lipinski definition) is 1. The summed E-state index contributed by atoms with van der Waals surface area (Å²) in [5.74, 6) is 0.330. The number of carbonyl (C=O) groups excluding carboxylic acids is 1. The highest BCUT2D eigenvalue weighted by atomic mass is 16.5. The number of carbonyl (C=O) groups is 1. The molecule has 0 spiro atoms. The monoisotopic (exact) mass is 214 g/mol. The van der Waals surface area contributed by atoms with Crippen LogP contribution in [0.4, 0.5) is 0 Å². The van der Waals surface area contributed by atoms with Gasteiger partial charge in [0.25, 0.3) is 0 Å². The standard InChI is InChI=1S/C11H22N2O2/c1-3-9(2)10(12)11(14)13-5-4-7-15-8-6-13/h9-10H,3-8,12H2,1-2H3. The molecule has 0 aromatic rings. The first-order valence-corrected chi connectivity index (χ1v) is 5.79. The fourth-order valence-electron chi connectivity index (χ4n) is 1.67. The zero-order chi connectivity index (χ0) is 11.3. The van der Waals surface area contributed by atoms with Gasteiger partial charge in [0.1, 0.15) is 0 Å². The molecule has 1 heterocycles. The average Bonchev–Trinajstić information content (AvgIpc) is 2.54. The van der Waals surface area contributed by atoms with Crippen molar-refractivity contribution in [2.24, 2.45) is 11.7 Å². The predicted molar refractivity (Wildman–Crippen MR) is 59.4 cm³/mol. The number of nitrogens with two attached hydrogens (primary N) is 1. The van der Waals surface area contributed by atoms with Crippen molar-refractivity contribution in [3.05, 3.63) is 0 Å². The second-order valence-electron chi connectivity index (χ2n) is 4.20. The van der Waals surface area contributed by atoms with Gasteiger partial charge in [-0.15, -0.1) is 0 Å². The van der Waals surface area contributed by atoms with E-state index in [-0.39, 0.29) is 17.9 Å². The molecule has 0 saturated carbocycles. The van der Waals surface area contributed by atoms with Gasteiger partial charge in [-0.1, -0.05) is 20.3 Å². The average molecular weight is 214 g/mol. The van der Waals surface area contributed by atoms with E-state index < -0.39 is 0 Å². The molecule has 15 heavy (non-hydrogen) atoms. The summed E-state index contributed by atoms with van der Waals surface area (Å²) in [7, 11) is 0. The molecule has 1 fully saturated rings. The van der Waals surface area contributed by atoms with E-state index in [1.54, 1.807) is 0 Å². The summed E-state index contributed by atoms with van der Waals surface area (Å²) < 4.78 is 5.31. The summed E-state index contributed by atoms with van der Waals surface area (Å²) in [5.41, 5.74) is 5.92. The molecule has 2 N–H and O–H groups in total. The summed E-state index contributed by atoms with van der Waals surface area (Å²) in [6, 6.07) is -0.354. The van der Waals surface area contributed by atoms with Crippen LogP contribution in [0.2, 0.25) is 0 Å². The van der Waals surface area contributed by atoms with Gasteiger partial charge in [-0.2, -0.15) is 0 Å². The largest absolute Gasteiger partial charge is 0.380 e. The molecule has 0 aromatic carbocycles. The maximum atomic E-state index is 12.0. The van der Waals surface area contributed by atoms with E-state index in [2.05, 4.69) is 6.92 Å². The third-order valence-electron chi connectivity index (χ3n) is 3.08. The Kier molecular flexibility index (Phi) is 5.05. The Hall–Kier alpha value is -0.610. The van der Waals surface area contributed by atoms with Crippen molar-refractivity contribution in [2.45, 2.75) is 32.7 Å². The topological polar surface area (TPSA) is 55.6 Å². The molecule has 2 atom stereocenters. The zero-order valence-electron chi connectivity index (χ0n) is 9.74. The second kappa shape index (κ2) is 6.08. The fraction of sp³-hybridized carbons (Fsp3) is 0.909. The molecule has 4 heteroatoms. The van der Waals surface area contributed by atoms with Crippen LogP contribution in [0.5, 0.6) is 0 Å². The quantitative estimate of drug-likeness (QED) is 0.749. The van der Waals surface area contributed by atoms with Crippen LogP contribution in [0.1, 0.15) is 26.7 Å². The summed E-state index contributed by atoms with van der Waals surface area (Å²) in [6.07, 6.45) is 1.86. The van der Waals surface area contributed by atoms with Gasteiger partial charge in [0, 0.05) is 19.7 Å². The van der Waals surface area contributed by atoms with Crippen molar-refractivity contribution in [2.75, 3.05) is 26.3 Å². The van der Waals surface area contributed by atoms with Crippen molar-refractivity contribution >= 4 is 5.91 Å². The molecule has 1 rings (SSSR count).